The second kappa shape index (κ2) is 4.34. The van der Waals surface area contributed by atoms with Crippen molar-refractivity contribution in [2.24, 2.45) is 5.92 Å². The first-order valence-corrected chi connectivity index (χ1v) is 6.28. The maximum atomic E-state index is 11.6. The van der Waals surface area contributed by atoms with Crippen LogP contribution in [-0.4, -0.2) is 47.7 Å². The van der Waals surface area contributed by atoms with Gasteiger partial charge in [0, 0.05) is 12.6 Å². The summed E-state index contributed by atoms with van der Waals surface area (Å²) in [7, 11) is 1.99. The summed E-state index contributed by atoms with van der Waals surface area (Å²) in [6.07, 6.45) is 4.39. The van der Waals surface area contributed by atoms with E-state index in [0.717, 1.165) is 32.2 Å². The van der Waals surface area contributed by atoms with Crippen molar-refractivity contribution in [3.8, 4) is 0 Å². The van der Waals surface area contributed by atoms with Gasteiger partial charge in [0.2, 0.25) is 0 Å². The molecule has 0 aromatic heterocycles. The lowest BCUT2D eigenvalue weighted by molar-refractivity contribution is -0.147. The highest BCUT2D eigenvalue weighted by Crippen LogP contribution is 2.42. The van der Waals surface area contributed by atoms with E-state index in [0.29, 0.717) is 18.5 Å². The Balaban J connectivity index is 2.09. The van der Waals surface area contributed by atoms with E-state index >= 15 is 0 Å². The average Bonchev–Trinajstić information content (AvgIpc) is 3.08. The van der Waals surface area contributed by atoms with E-state index in [9.17, 15) is 9.90 Å². The predicted molar refractivity (Wildman–Crippen MR) is 62.4 cm³/mol. The van der Waals surface area contributed by atoms with Crippen LogP contribution < -0.4 is 5.32 Å². The minimum absolute atomic E-state index is 0.333. The molecule has 2 saturated carbocycles. The van der Waals surface area contributed by atoms with Gasteiger partial charge in [-0.2, -0.15) is 0 Å². The van der Waals surface area contributed by atoms with Crippen LogP contribution in [0.5, 0.6) is 0 Å². The average molecular weight is 226 g/mol. The smallest absolute Gasteiger partial charge is 0.325 e. The molecule has 2 aliphatic carbocycles. The number of rotatable bonds is 7. The van der Waals surface area contributed by atoms with Gasteiger partial charge >= 0.3 is 5.97 Å². The molecule has 0 bridgehead atoms. The Hall–Kier alpha value is -0.610. The molecular weight excluding hydrogens is 204 g/mol. The summed E-state index contributed by atoms with van der Waals surface area (Å²) in [5.74, 6) is -0.332. The van der Waals surface area contributed by atoms with Crippen LogP contribution in [0.1, 0.15) is 32.6 Å². The molecule has 2 rings (SSSR count). The van der Waals surface area contributed by atoms with Crippen LogP contribution in [-0.2, 0) is 4.79 Å². The van der Waals surface area contributed by atoms with E-state index in [1.54, 1.807) is 0 Å². The van der Waals surface area contributed by atoms with Crippen LogP contribution in [0.4, 0.5) is 0 Å². The molecule has 1 atom stereocenters. The Morgan fingerprint density at radius 1 is 1.44 bits per heavy atom. The Bertz CT molecular complexity index is 274. The number of carbonyl (C=O) groups is 1. The molecule has 0 heterocycles. The molecule has 4 heteroatoms. The molecule has 0 aliphatic heterocycles. The SMILES string of the molecule is CCN(C)CC(NC1CC1)(C(=O)O)C1CC1. The predicted octanol–water partition coefficient (Wildman–Crippen LogP) is 0.923. The zero-order valence-corrected chi connectivity index (χ0v) is 10.2. The van der Waals surface area contributed by atoms with Gasteiger partial charge in [0.25, 0.3) is 0 Å². The van der Waals surface area contributed by atoms with Gasteiger partial charge in [-0.1, -0.05) is 6.92 Å². The highest BCUT2D eigenvalue weighted by Gasteiger charge is 2.53. The molecule has 0 radical (unpaired) electrons. The quantitative estimate of drug-likeness (QED) is 0.678. The number of likely N-dealkylation sites (N-methyl/N-ethyl adjacent to an activating group) is 1. The molecule has 2 aliphatic rings. The maximum absolute atomic E-state index is 11.6. The Morgan fingerprint density at radius 2 is 2.06 bits per heavy atom. The van der Waals surface area contributed by atoms with Gasteiger partial charge in [-0.25, -0.2) is 0 Å². The molecule has 2 fully saturated rings. The fraction of sp³-hybridized carbons (Fsp3) is 0.917. The lowest BCUT2D eigenvalue weighted by atomic mass is 9.92. The summed E-state index contributed by atoms with van der Waals surface area (Å²) in [5.41, 5.74) is -0.689. The van der Waals surface area contributed by atoms with Crippen LogP contribution in [0.15, 0.2) is 0 Å². The van der Waals surface area contributed by atoms with Crippen LogP contribution in [0.3, 0.4) is 0 Å². The van der Waals surface area contributed by atoms with Crippen molar-refractivity contribution in [1.29, 1.82) is 0 Å². The van der Waals surface area contributed by atoms with E-state index in [-0.39, 0.29) is 0 Å². The number of hydrogen-bond donors (Lipinski definition) is 2. The minimum Gasteiger partial charge on any atom is -0.480 e. The Morgan fingerprint density at radius 3 is 2.44 bits per heavy atom. The van der Waals surface area contributed by atoms with Crippen molar-refractivity contribution in [2.75, 3.05) is 20.1 Å². The second-order valence-electron chi connectivity index (χ2n) is 5.30. The summed E-state index contributed by atoms with van der Waals surface area (Å²) < 4.78 is 0. The largest absolute Gasteiger partial charge is 0.480 e. The van der Waals surface area contributed by atoms with Gasteiger partial charge < -0.3 is 10.0 Å². The summed E-state index contributed by atoms with van der Waals surface area (Å²) in [5, 5.41) is 13.0. The first-order chi connectivity index (χ1) is 7.58. The van der Waals surface area contributed by atoms with Crippen LogP contribution >= 0.6 is 0 Å². The van der Waals surface area contributed by atoms with Crippen molar-refractivity contribution in [3.63, 3.8) is 0 Å². The molecule has 0 saturated heterocycles. The van der Waals surface area contributed by atoms with E-state index in [2.05, 4.69) is 17.1 Å². The fourth-order valence-electron chi connectivity index (χ4n) is 2.30. The van der Waals surface area contributed by atoms with E-state index in [4.69, 9.17) is 0 Å². The normalized spacial score (nSPS) is 24.4. The topological polar surface area (TPSA) is 52.6 Å². The summed E-state index contributed by atoms with van der Waals surface area (Å²) >= 11 is 0. The zero-order valence-electron chi connectivity index (χ0n) is 10.2. The molecule has 0 aromatic rings. The summed E-state index contributed by atoms with van der Waals surface area (Å²) in [6, 6.07) is 0.446. The van der Waals surface area contributed by atoms with Crippen LogP contribution in [0, 0.1) is 5.92 Å². The summed E-state index contributed by atoms with van der Waals surface area (Å²) in [6.45, 7) is 3.59. The van der Waals surface area contributed by atoms with Gasteiger partial charge in [0.15, 0.2) is 0 Å². The third-order valence-corrected chi connectivity index (χ3v) is 3.75. The Kier molecular flexibility index (Phi) is 3.22. The highest BCUT2D eigenvalue weighted by molar-refractivity contribution is 5.80. The van der Waals surface area contributed by atoms with Crippen molar-refractivity contribution < 1.29 is 9.90 Å². The number of nitrogens with one attached hydrogen (secondary N) is 1. The van der Waals surface area contributed by atoms with Crippen molar-refractivity contribution in [2.45, 2.75) is 44.2 Å². The van der Waals surface area contributed by atoms with Crippen LogP contribution in [0.25, 0.3) is 0 Å². The highest BCUT2D eigenvalue weighted by atomic mass is 16.4. The molecule has 2 N–H and O–H groups in total. The zero-order chi connectivity index (χ0) is 11.8. The van der Waals surface area contributed by atoms with E-state index in [1.165, 1.54) is 0 Å². The lowest BCUT2D eigenvalue weighted by Gasteiger charge is -2.34. The van der Waals surface area contributed by atoms with Gasteiger partial charge in [-0.15, -0.1) is 0 Å². The molecule has 1 unspecified atom stereocenters. The third-order valence-electron chi connectivity index (χ3n) is 3.75. The number of hydrogen-bond acceptors (Lipinski definition) is 3. The number of nitrogens with zero attached hydrogens (tertiary/aromatic N) is 1. The van der Waals surface area contributed by atoms with E-state index < -0.39 is 11.5 Å². The fourth-order valence-corrected chi connectivity index (χ4v) is 2.30. The van der Waals surface area contributed by atoms with Gasteiger partial charge in [0.05, 0.1) is 0 Å². The number of carboxylic acids is 1. The molecule has 16 heavy (non-hydrogen) atoms. The van der Waals surface area contributed by atoms with Crippen molar-refractivity contribution in [1.82, 2.24) is 10.2 Å². The van der Waals surface area contributed by atoms with Gasteiger partial charge in [-0.05, 0) is 45.2 Å². The monoisotopic (exact) mass is 226 g/mol. The summed E-state index contributed by atoms with van der Waals surface area (Å²) in [4.78, 5) is 13.7. The first kappa shape index (κ1) is 11.9. The first-order valence-electron chi connectivity index (χ1n) is 6.28. The third kappa shape index (κ3) is 2.38. The molecule has 0 spiro atoms. The lowest BCUT2D eigenvalue weighted by Crippen LogP contribution is -2.61. The van der Waals surface area contributed by atoms with E-state index in [1.807, 2.05) is 7.05 Å². The molecule has 4 nitrogen and oxygen atoms in total. The minimum atomic E-state index is -0.689. The number of aliphatic carboxylic acids is 1. The maximum Gasteiger partial charge on any atom is 0.325 e. The van der Waals surface area contributed by atoms with Crippen LogP contribution in [0.2, 0.25) is 0 Å². The van der Waals surface area contributed by atoms with Gasteiger partial charge in [-0.3, -0.25) is 10.1 Å². The van der Waals surface area contributed by atoms with Crippen molar-refractivity contribution >= 4 is 5.97 Å². The number of carboxylic acid groups (broad SMARTS) is 1. The molecule has 92 valence electrons. The molecule has 0 amide bonds. The molecular formula is C12H22N2O2. The standard InChI is InChI=1S/C12H22N2O2/c1-3-14(2)8-12(11(15)16,9-4-5-9)13-10-6-7-10/h9-10,13H,3-8H2,1-2H3,(H,15,16). The van der Waals surface area contributed by atoms with Crippen molar-refractivity contribution in [3.05, 3.63) is 0 Å². The van der Waals surface area contributed by atoms with Gasteiger partial charge in [0.1, 0.15) is 5.54 Å². The Labute approximate surface area is 97.0 Å². The second-order valence-corrected chi connectivity index (χ2v) is 5.30. The molecule has 0 aromatic carbocycles.